The summed E-state index contributed by atoms with van der Waals surface area (Å²) in [5, 5.41) is 20.1. The highest BCUT2D eigenvalue weighted by Gasteiger charge is 2.21. The zero-order valence-electron chi connectivity index (χ0n) is 14.7. The SMILES string of the molecule is Cc1cc(C)n(Cc2cccc(NC(=O)c3cn(C)nc3C(=O)O)c2)n1. The molecule has 2 aromatic heterocycles. The molecule has 8 heteroatoms. The fourth-order valence-corrected chi connectivity index (χ4v) is 2.77. The second-order valence-corrected chi connectivity index (χ2v) is 6.11. The number of hydrogen-bond acceptors (Lipinski definition) is 4. The first-order valence-electron chi connectivity index (χ1n) is 8.02. The third kappa shape index (κ3) is 3.64. The van der Waals surface area contributed by atoms with Crippen molar-refractivity contribution in [1.29, 1.82) is 0 Å². The van der Waals surface area contributed by atoms with Gasteiger partial charge in [-0.3, -0.25) is 14.2 Å². The van der Waals surface area contributed by atoms with Crippen LogP contribution in [0.1, 0.15) is 37.8 Å². The van der Waals surface area contributed by atoms with Crippen LogP contribution in [0.25, 0.3) is 0 Å². The topological polar surface area (TPSA) is 102 Å². The largest absolute Gasteiger partial charge is 0.476 e. The van der Waals surface area contributed by atoms with Gasteiger partial charge < -0.3 is 10.4 Å². The number of carbonyl (C=O) groups excluding carboxylic acids is 1. The molecular formula is C18H19N5O3. The average Bonchev–Trinajstić information content (AvgIpc) is 3.10. The molecule has 0 unspecified atom stereocenters. The number of carbonyl (C=O) groups is 2. The second kappa shape index (κ2) is 6.83. The van der Waals surface area contributed by atoms with Crippen molar-refractivity contribution < 1.29 is 14.7 Å². The van der Waals surface area contributed by atoms with Gasteiger partial charge in [-0.05, 0) is 37.6 Å². The van der Waals surface area contributed by atoms with E-state index in [9.17, 15) is 9.59 Å². The molecule has 0 aliphatic carbocycles. The molecule has 0 saturated carbocycles. The molecule has 1 aromatic carbocycles. The first-order chi connectivity index (χ1) is 12.3. The van der Waals surface area contributed by atoms with Gasteiger partial charge in [-0.1, -0.05) is 12.1 Å². The maximum absolute atomic E-state index is 12.4. The Morgan fingerprint density at radius 3 is 2.62 bits per heavy atom. The minimum absolute atomic E-state index is 0.0175. The maximum atomic E-state index is 12.4. The summed E-state index contributed by atoms with van der Waals surface area (Å²) in [6.45, 7) is 4.51. The number of aryl methyl sites for hydroxylation is 3. The van der Waals surface area contributed by atoms with E-state index in [1.807, 2.05) is 42.8 Å². The van der Waals surface area contributed by atoms with Crippen molar-refractivity contribution in [2.45, 2.75) is 20.4 Å². The van der Waals surface area contributed by atoms with Crippen LogP contribution in [-0.2, 0) is 13.6 Å². The predicted octanol–water partition coefficient (Wildman–Crippen LogP) is 2.23. The Labute approximate surface area is 150 Å². The Balaban J connectivity index is 1.79. The van der Waals surface area contributed by atoms with Crippen molar-refractivity contribution in [3.63, 3.8) is 0 Å². The Morgan fingerprint density at radius 1 is 1.19 bits per heavy atom. The lowest BCUT2D eigenvalue weighted by Crippen LogP contribution is -2.15. The quantitative estimate of drug-likeness (QED) is 0.732. The lowest BCUT2D eigenvalue weighted by Gasteiger charge is -2.08. The summed E-state index contributed by atoms with van der Waals surface area (Å²) in [7, 11) is 1.57. The average molecular weight is 353 g/mol. The number of carboxylic acids is 1. The Morgan fingerprint density at radius 2 is 1.96 bits per heavy atom. The zero-order chi connectivity index (χ0) is 18.8. The van der Waals surface area contributed by atoms with Crippen LogP contribution < -0.4 is 5.32 Å². The number of aromatic carboxylic acids is 1. The molecule has 0 fully saturated rings. The molecule has 0 radical (unpaired) electrons. The third-order valence-corrected chi connectivity index (χ3v) is 3.90. The van der Waals surface area contributed by atoms with E-state index >= 15 is 0 Å². The van der Waals surface area contributed by atoms with E-state index in [2.05, 4.69) is 15.5 Å². The van der Waals surface area contributed by atoms with Crippen molar-refractivity contribution in [3.8, 4) is 0 Å². The van der Waals surface area contributed by atoms with Gasteiger partial charge in [0.15, 0.2) is 5.69 Å². The van der Waals surface area contributed by atoms with Gasteiger partial charge in [-0.25, -0.2) is 4.79 Å². The Kier molecular flexibility index (Phi) is 4.57. The van der Waals surface area contributed by atoms with E-state index in [1.165, 1.54) is 10.9 Å². The number of benzene rings is 1. The van der Waals surface area contributed by atoms with Crippen molar-refractivity contribution in [1.82, 2.24) is 19.6 Å². The van der Waals surface area contributed by atoms with Crippen LogP contribution in [0.2, 0.25) is 0 Å². The molecule has 1 amide bonds. The minimum Gasteiger partial charge on any atom is -0.476 e. The summed E-state index contributed by atoms with van der Waals surface area (Å²) in [5.74, 6) is -1.76. The van der Waals surface area contributed by atoms with E-state index in [0.717, 1.165) is 17.0 Å². The lowest BCUT2D eigenvalue weighted by atomic mass is 10.2. The molecule has 0 aliphatic heterocycles. The van der Waals surface area contributed by atoms with Crippen LogP contribution in [0.4, 0.5) is 5.69 Å². The molecule has 3 rings (SSSR count). The number of nitrogens with one attached hydrogen (secondary N) is 1. The Hall–Kier alpha value is -3.42. The number of hydrogen-bond donors (Lipinski definition) is 2. The first-order valence-corrected chi connectivity index (χ1v) is 8.02. The van der Waals surface area contributed by atoms with Gasteiger partial charge in [-0.15, -0.1) is 0 Å². The summed E-state index contributed by atoms with van der Waals surface area (Å²) in [6, 6.07) is 9.36. The number of amides is 1. The van der Waals surface area contributed by atoms with E-state index in [1.54, 1.807) is 13.1 Å². The van der Waals surface area contributed by atoms with E-state index in [4.69, 9.17) is 5.11 Å². The summed E-state index contributed by atoms with van der Waals surface area (Å²) < 4.78 is 3.19. The van der Waals surface area contributed by atoms with Crippen molar-refractivity contribution in [2.24, 2.45) is 7.05 Å². The highest BCUT2D eigenvalue weighted by molar-refractivity contribution is 6.09. The first kappa shape index (κ1) is 17.4. The molecule has 0 atom stereocenters. The molecule has 0 spiro atoms. The molecule has 3 aromatic rings. The molecule has 8 nitrogen and oxygen atoms in total. The fourth-order valence-electron chi connectivity index (χ4n) is 2.77. The van der Waals surface area contributed by atoms with Crippen molar-refractivity contribution in [2.75, 3.05) is 5.32 Å². The van der Waals surface area contributed by atoms with E-state index in [0.29, 0.717) is 12.2 Å². The predicted molar refractivity (Wildman–Crippen MR) is 95.4 cm³/mol. The fraction of sp³-hybridized carbons (Fsp3) is 0.222. The molecule has 134 valence electrons. The van der Waals surface area contributed by atoms with Crippen LogP contribution in [0.15, 0.2) is 36.5 Å². The molecule has 0 bridgehead atoms. The minimum atomic E-state index is -1.24. The molecule has 2 heterocycles. The summed E-state index contributed by atoms with van der Waals surface area (Å²) in [4.78, 5) is 23.7. The number of aromatic nitrogens is 4. The Bertz CT molecular complexity index is 987. The standard InChI is InChI=1S/C18H19N5O3/c1-11-7-12(2)23(20-11)9-13-5-4-6-14(8-13)19-17(24)15-10-22(3)21-16(15)18(25)26/h4-8,10H,9H2,1-3H3,(H,19,24)(H,25,26). The van der Waals surface area contributed by atoms with Gasteiger partial charge in [0.1, 0.15) is 0 Å². The molecule has 0 saturated heterocycles. The molecule has 0 aliphatic rings. The third-order valence-electron chi connectivity index (χ3n) is 3.90. The van der Waals surface area contributed by atoms with Crippen molar-refractivity contribution in [3.05, 3.63) is 64.7 Å². The highest BCUT2D eigenvalue weighted by atomic mass is 16.4. The van der Waals surface area contributed by atoms with Crippen LogP contribution in [0, 0.1) is 13.8 Å². The lowest BCUT2D eigenvalue weighted by molar-refractivity contribution is 0.0685. The summed E-state index contributed by atoms with van der Waals surface area (Å²) in [5.41, 5.74) is 3.30. The van der Waals surface area contributed by atoms with Crippen molar-refractivity contribution >= 4 is 17.6 Å². The van der Waals surface area contributed by atoms with Gasteiger partial charge in [0.2, 0.25) is 0 Å². The number of anilines is 1. The summed E-state index contributed by atoms with van der Waals surface area (Å²) in [6.07, 6.45) is 1.39. The number of carboxylic acid groups (broad SMARTS) is 1. The van der Waals surface area contributed by atoms with Gasteiger partial charge in [-0.2, -0.15) is 10.2 Å². The molecular weight excluding hydrogens is 334 g/mol. The maximum Gasteiger partial charge on any atom is 0.357 e. The summed E-state index contributed by atoms with van der Waals surface area (Å²) >= 11 is 0. The van der Waals surface area contributed by atoms with E-state index < -0.39 is 11.9 Å². The van der Waals surface area contributed by atoms with Gasteiger partial charge in [0.25, 0.3) is 5.91 Å². The van der Waals surface area contributed by atoms with Gasteiger partial charge in [0.05, 0.1) is 17.8 Å². The normalized spacial score (nSPS) is 10.7. The smallest absolute Gasteiger partial charge is 0.357 e. The van der Waals surface area contributed by atoms with Crippen LogP contribution in [0.3, 0.4) is 0 Å². The van der Waals surface area contributed by atoms with Gasteiger partial charge in [0, 0.05) is 24.6 Å². The monoisotopic (exact) mass is 353 g/mol. The van der Waals surface area contributed by atoms with Crippen LogP contribution in [-0.4, -0.2) is 36.5 Å². The zero-order valence-corrected chi connectivity index (χ0v) is 14.7. The van der Waals surface area contributed by atoms with E-state index in [-0.39, 0.29) is 11.3 Å². The number of rotatable bonds is 5. The molecule has 26 heavy (non-hydrogen) atoms. The second-order valence-electron chi connectivity index (χ2n) is 6.11. The van der Waals surface area contributed by atoms with Crippen LogP contribution >= 0.6 is 0 Å². The van der Waals surface area contributed by atoms with Crippen LogP contribution in [0.5, 0.6) is 0 Å². The van der Waals surface area contributed by atoms with Gasteiger partial charge >= 0.3 is 5.97 Å². The molecule has 2 N–H and O–H groups in total. The number of nitrogens with zero attached hydrogens (tertiary/aromatic N) is 4. The highest BCUT2D eigenvalue weighted by Crippen LogP contribution is 2.16.